The highest BCUT2D eigenvalue weighted by atomic mass is 35.5. The van der Waals surface area contributed by atoms with E-state index in [4.69, 9.17) is 16.3 Å². The van der Waals surface area contributed by atoms with Gasteiger partial charge in [0.1, 0.15) is 5.75 Å². The van der Waals surface area contributed by atoms with Crippen molar-refractivity contribution in [2.75, 3.05) is 7.11 Å². The van der Waals surface area contributed by atoms with E-state index in [2.05, 4.69) is 22.3 Å². The van der Waals surface area contributed by atoms with Crippen LogP contribution in [-0.2, 0) is 6.54 Å². The van der Waals surface area contributed by atoms with Crippen LogP contribution in [0.25, 0.3) is 0 Å². The van der Waals surface area contributed by atoms with Gasteiger partial charge in [-0.2, -0.15) is 0 Å². The second kappa shape index (κ2) is 7.91. The minimum atomic E-state index is -0.0615. The zero-order valence-electron chi connectivity index (χ0n) is 15.5. The first-order valence-corrected chi connectivity index (χ1v) is 9.96. The van der Waals surface area contributed by atoms with Crippen LogP contribution in [0.5, 0.6) is 5.75 Å². The highest BCUT2D eigenvalue weighted by molar-refractivity contribution is 6.33. The summed E-state index contributed by atoms with van der Waals surface area (Å²) in [5, 5.41) is 3.72. The van der Waals surface area contributed by atoms with Crippen molar-refractivity contribution >= 4 is 17.5 Å². The van der Waals surface area contributed by atoms with Crippen LogP contribution in [0.2, 0.25) is 5.02 Å². The van der Waals surface area contributed by atoms with Gasteiger partial charge < -0.3 is 10.1 Å². The first kappa shape index (κ1) is 18.3. The molecule has 1 amide bonds. The van der Waals surface area contributed by atoms with Crippen LogP contribution in [0, 0.1) is 0 Å². The zero-order chi connectivity index (χ0) is 18.8. The fourth-order valence-electron chi connectivity index (χ4n) is 4.50. The standard InChI is InChI=1S/C22H25ClN2O2/c1-27-19-10-6-15(7-11-19)14-25-17-8-9-18(25)13-16(12-17)24-22(26)20-4-2-3-5-21(20)23/h2-7,10-11,16-18H,8-9,12-14H2,1H3,(H,24,26)/t17-,18-/m0/s1. The average molecular weight is 385 g/mol. The number of methoxy groups -OCH3 is 1. The number of ether oxygens (including phenoxy) is 1. The molecule has 1 N–H and O–H groups in total. The average Bonchev–Trinajstić information content (AvgIpc) is 2.91. The number of fused-ring (bicyclic) bond motifs is 2. The van der Waals surface area contributed by atoms with E-state index >= 15 is 0 Å². The molecule has 0 radical (unpaired) electrons. The molecular weight excluding hydrogens is 360 g/mol. The molecule has 4 nitrogen and oxygen atoms in total. The van der Waals surface area contributed by atoms with E-state index in [0.717, 1.165) is 25.1 Å². The maximum atomic E-state index is 12.6. The Morgan fingerprint density at radius 3 is 2.41 bits per heavy atom. The fraction of sp³-hybridized carbons (Fsp3) is 0.409. The highest BCUT2D eigenvalue weighted by Gasteiger charge is 2.41. The second-order valence-electron chi connectivity index (χ2n) is 7.53. The molecule has 2 saturated heterocycles. The minimum Gasteiger partial charge on any atom is -0.497 e. The number of carbonyl (C=O) groups excluding carboxylic acids is 1. The topological polar surface area (TPSA) is 41.6 Å². The number of nitrogens with one attached hydrogen (secondary N) is 1. The number of benzene rings is 2. The predicted molar refractivity (Wildman–Crippen MR) is 107 cm³/mol. The molecule has 2 aromatic carbocycles. The summed E-state index contributed by atoms with van der Waals surface area (Å²) in [4.78, 5) is 15.2. The number of halogens is 1. The van der Waals surface area contributed by atoms with E-state index in [1.165, 1.54) is 18.4 Å². The lowest BCUT2D eigenvalue weighted by Gasteiger charge is -2.39. The molecule has 0 unspecified atom stereocenters. The lowest BCUT2D eigenvalue weighted by molar-refractivity contribution is 0.0828. The van der Waals surface area contributed by atoms with Gasteiger partial charge in [-0.1, -0.05) is 35.9 Å². The second-order valence-corrected chi connectivity index (χ2v) is 7.93. The third-order valence-electron chi connectivity index (χ3n) is 5.86. The smallest absolute Gasteiger partial charge is 0.253 e. The number of carbonyl (C=O) groups is 1. The maximum absolute atomic E-state index is 12.6. The third-order valence-corrected chi connectivity index (χ3v) is 6.19. The molecule has 2 aliphatic heterocycles. The van der Waals surface area contributed by atoms with Gasteiger partial charge in [0.15, 0.2) is 0 Å². The van der Waals surface area contributed by atoms with E-state index in [0.29, 0.717) is 22.7 Å². The molecular formula is C22H25ClN2O2. The van der Waals surface area contributed by atoms with Gasteiger partial charge in [0.25, 0.3) is 5.91 Å². The number of piperidine rings is 1. The van der Waals surface area contributed by atoms with Gasteiger partial charge in [-0.05, 0) is 55.5 Å². The van der Waals surface area contributed by atoms with E-state index in [1.54, 1.807) is 19.2 Å². The molecule has 2 atom stereocenters. The summed E-state index contributed by atoms with van der Waals surface area (Å²) in [5.41, 5.74) is 1.87. The Kier molecular flexibility index (Phi) is 5.37. The molecule has 4 rings (SSSR count). The van der Waals surface area contributed by atoms with Crippen molar-refractivity contribution in [2.24, 2.45) is 0 Å². The van der Waals surface area contributed by atoms with Gasteiger partial charge in [-0.3, -0.25) is 9.69 Å². The number of amides is 1. The Morgan fingerprint density at radius 1 is 1.11 bits per heavy atom. The zero-order valence-corrected chi connectivity index (χ0v) is 16.3. The SMILES string of the molecule is COc1ccc(CN2[C@H]3CC[C@H]2CC(NC(=O)c2ccccc2Cl)C3)cc1. The third kappa shape index (κ3) is 3.97. The molecule has 27 heavy (non-hydrogen) atoms. The summed E-state index contributed by atoms with van der Waals surface area (Å²) in [7, 11) is 1.69. The van der Waals surface area contributed by atoms with Crippen LogP contribution >= 0.6 is 11.6 Å². The van der Waals surface area contributed by atoms with Crippen LogP contribution in [-0.4, -0.2) is 36.0 Å². The van der Waals surface area contributed by atoms with Crippen molar-refractivity contribution in [2.45, 2.75) is 50.4 Å². The quantitative estimate of drug-likeness (QED) is 0.836. The summed E-state index contributed by atoms with van der Waals surface area (Å²) >= 11 is 6.16. The largest absolute Gasteiger partial charge is 0.497 e. The van der Waals surface area contributed by atoms with Crippen LogP contribution in [0.3, 0.4) is 0 Å². The Bertz CT molecular complexity index is 794. The molecule has 2 heterocycles. The van der Waals surface area contributed by atoms with Crippen molar-refractivity contribution in [1.29, 1.82) is 0 Å². The molecule has 2 fully saturated rings. The van der Waals surface area contributed by atoms with E-state index in [1.807, 2.05) is 24.3 Å². The van der Waals surface area contributed by atoms with Gasteiger partial charge in [0.05, 0.1) is 17.7 Å². The lowest BCUT2D eigenvalue weighted by Crippen LogP contribution is -2.50. The normalized spacial score (nSPS) is 24.6. The first-order chi connectivity index (χ1) is 13.1. The predicted octanol–water partition coefficient (Wildman–Crippen LogP) is 4.27. The molecule has 0 spiro atoms. The highest BCUT2D eigenvalue weighted by Crippen LogP contribution is 2.37. The Hall–Kier alpha value is -2.04. The summed E-state index contributed by atoms with van der Waals surface area (Å²) in [5.74, 6) is 0.830. The van der Waals surface area contributed by atoms with Crippen LogP contribution < -0.4 is 10.1 Å². The molecule has 5 heteroatoms. The number of hydrogen-bond acceptors (Lipinski definition) is 3. The van der Waals surface area contributed by atoms with Gasteiger partial charge in [-0.15, -0.1) is 0 Å². The molecule has 2 aromatic rings. The van der Waals surface area contributed by atoms with Crippen molar-refractivity contribution in [3.8, 4) is 5.75 Å². The lowest BCUT2D eigenvalue weighted by atomic mass is 9.96. The summed E-state index contributed by atoms with van der Waals surface area (Å²) in [6.45, 7) is 0.963. The van der Waals surface area contributed by atoms with E-state index < -0.39 is 0 Å². The van der Waals surface area contributed by atoms with Gasteiger partial charge >= 0.3 is 0 Å². The van der Waals surface area contributed by atoms with Crippen molar-refractivity contribution < 1.29 is 9.53 Å². The van der Waals surface area contributed by atoms with Crippen LogP contribution in [0.4, 0.5) is 0 Å². The van der Waals surface area contributed by atoms with E-state index in [-0.39, 0.29) is 11.9 Å². The molecule has 0 aliphatic carbocycles. The van der Waals surface area contributed by atoms with Crippen LogP contribution in [0.1, 0.15) is 41.6 Å². The fourth-order valence-corrected chi connectivity index (χ4v) is 4.72. The van der Waals surface area contributed by atoms with Gasteiger partial charge in [0, 0.05) is 24.7 Å². The van der Waals surface area contributed by atoms with Crippen LogP contribution in [0.15, 0.2) is 48.5 Å². The minimum absolute atomic E-state index is 0.0615. The number of nitrogens with zero attached hydrogens (tertiary/aromatic N) is 1. The van der Waals surface area contributed by atoms with Crippen molar-refractivity contribution in [3.05, 3.63) is 64.7 Å². The van der Waals surface area contributed by atoms with E-state index in [9.17, 15) is 4.79 Å². The number of hydrogen-bond donors (Lipinski definition) is 1. The monoisotopic (exact) mass is 384 g/mol. The molecule has 0 aromatic heterocycles. The molecule has 2 bridgehead atoms. The molecule has 142 valence electrons. The van der Waals surface area contributed by atoms with Crippen molar-refractivity contribution in [3.63, 3.8) is 0 Å². The summed E-state index contributed by atoms with van der Waals surface area (Å²) < 4.78 is 5.25. The Morgan fingerprint density at radius 2 is 1.78 bits per heavy atom. The summed E-state index contributed by atoms with van der Waals surface area (Å²) in [6, 6.07) is 16.8. The molecule has 0 saturated carbocycles. The maximum Gasteiger partial charge on any atom is 0.253 e. The Balaban J connectivity index is 1.38. The van der Waals surface area contributed by atoms with Gasteiger partial charge in [-0.25, -0.2) is 0 Å². The first-order valence-electron chi connectivity index (χ1n) is 9.58. The summed E-state index contributed by atoms with van der Waals surface area (Å²) in [6.07, 6.45) is 4.42. The van der Waals surface area contributed by atoms with Crippen molar-refractivity contribution in [1.82, 2.24) is 10.2 Å². The number of rotatable bonds is 5. The molecule has 2 aliphatic rings. The Labute approximate surface area is 165 Å². The van der Waals surface area contributed by atoms with Gasteiger partial charge in [0.2, 0.25) is 0 Å².